The Labute approximate surface area is 99.5 Å². The van der Waals surface area contributed by atoms with Gasteiger partial charge in [-0.1, -0.05) is 26.0 Å². The number of hydrogen-bond donors (Lipinski definition) is 0. The second-order valence-corrected chi connectivity index (χ2v) is 7.27. The Kier molecular flexibility index (Phi) is 1.91. The van der Waals surface area contributed by atoms with Crippen LogP contribution in [0.3, 0.4) is 0 Å². The summed E-state index contributed by atoms with van der Waals surface area (Å²) >= 11 is 0. The summed E-state index contributed by atoms with van der Waals surface area (Å²) in [7, 11) is 0. The van der Waals surface area contributed by atoms with Gasteiger partial charge in [-0.05, 0) is 73.0 Å². The first-order chi connectivity index (χ1) is 7.74. The van der Waals surface area contributed by atoms with Gasteiger partial charge in [-0.2, -0.15) is 0 Å². The van der Waals surface area contributed by atoms with E-state index in [1.807, 2.05) is 0 Å². The molecule has 2 bridgehead atoms. The summed E-state index contributed by atoms with van der Waals surface area (Å²) in [6, 6.07) is 0. The van der Waals surface area contributed by atoms with Crippen molar-refractivity contribution >= 4 is 0 Å². The number of rotatable bonds is 0. The van der Waals surface area contributed by atoms with Crippen LogP contribution in [0.5, 0.6) is 0 Å². The van der Waals surface area contributed by atoms with Gasteiger partial charge in [-0.25, -0.2) is 0 Å². The number of fused-ring (bicyclic) bond motifs is 6. The lowest BCUT2D eigenvalue weighted by molar-refractivity contribution is 0.0924. The topological polar surface area (TPSA) is 0 Å². The van der Waals surface area contributed by atoms with Crippen LogP contribution in [0.4, 0.5) is 0 Å². The van der Waals surface area contributed by atoms with Crippen LogP contribution in [0, 0.1) is 47.3 Å². The molecule has 0 amide bonds. The second kappa shape index (κ2) is 3.15. The van der Waals surface area contributed by atoms with E-state index in [2.05, 4.69) is 26.0 Å². The zero-order chi connectivity index (χ0) is 10.9. The van der Waals surface area contributed by atoms with Gasteiger partial charge in [0.2, 0.25) is 0 Å². The van der Waals surface area contributed by atoms with E-state index in [1.54, 1.807) is 12.8 Å². The minimum absolute atomic E-state index is 0.985. The summed E-state index contributed by atoms with van der Waals surface area (Å²) in [4.78, 5) is 0. The van der Waals surface area contributed by atoms with E-state index in [9.17, 15) is 0 Å². The van der Waals surface area contributed by atoms with Gasteiger partial charge in [0.25, 0.3) is 0 Å². The highest BCUT2D eigenvalue weighted by molar-refractivity contribution is 5.16. The summed E-state index contributed by atoms with van der Waals surface area (Å²) in [5, 5.41) is 0. The third-order valence-corrected chi connectivity index (χ3v) is 6.64. The molecule has 3 saturated carbocycles. The highest BCUT2D eigenvalue weighted by Gasteiger charge is 2.53. The molecule has 0 spiro atoms. The molecule has 0 aliphatic heterocycles. The van der Waals surface area contributed by atoms with Crippen molar-refractivity contribution in [1.82, 2.24) is 0 Å². The molecular formula is C16H24. The minimum Gasteiger partial charge on any atom is -0.0848 e. The summed E-state index contributed by atoms with van der Waals surface area (Å²) in [6.45, 7) is 5.04. The molecule has 0 saturated heterocycles. The highest BCUT2D eigenvalue weighted by atomic mass is 14.6. The van der Waals surface area contributed by atoms with Gasteiger partial charge in [-0.3, -0.25) is 0 Å². The standard InChI is InChI=1S/C16H24/c1-9-5-10(2)14-8-16-12-4-3-11(6-12)15(16)7-13(9)14/h3-4,9-16H,5-8H2,1-2H3. The Morgan fingerprint density at radius 3 is 1.62 bits per heavy atom. The fourth-order valence-electron chi connectivity index (χ4n) is 5.95. The molecule has 8 atom stereocenters. The SMILES string of the molecule is CC1CC(C)C2CC3C4C=CC(C4)C3CC12. The molecule has 88 valence electrons. The van der Waals surface area contributed by atoms with Crippen molar-refractivity contribution in [2.45, 2.75) is 39.5 Å². The quantitative estimate of drug-likeness (QED) is 0.534. The Morgan fingerprint density at radius 1 is 0.625 bits per heavy atom. The third kappa shape index (κ3) is 1.11. The smallest absolute Gasteiger partial charge is 0.0196 e. The third-order valence-electron chi connectivity index (χ3n) is 6.64. The highest BCUT2D eigenvalue weighted by Crippen LogP contribution is 2.61. The van der Waals surface area contributed by atoms with Crippen LogP contribution >= 0.6 is 0 Å². The first kappa shape index (κ1) is 9.74. The summed E-state index contributed by atoms with van der Waals surface area (Å²) in [5.74, 6) is 8.35. The first-order valence-corrected chi connectivity index (χ1v) is 7.42. The van der Waals surface area contributed by atoms with Crippen molar-refractivity contribution in [3.8, 4) is 0 Å². The van der Waals surface area contributed by atoms with E-state index in [-0.39, 0.29) is 0 Å². The van der Waals surface area contributed by atoms with E-state index in [0.29, 0.717) is 0 Å². The normalized spacial score (nSPS) is 62.4. The minimum atomic E-state index is 0.985. The predicted octanol–water partition coefficient (Wildman–Crippen LogP) is 4.13. The van der Waals surface area contributed by atoms with Crippen molar-refractivity contribution in [1.29, 1.82) is 0 Å². The summed E-state index contributed by atoms with van der Waals surface area (Å²) in [6.07, 6.45) is 11.3. The molecule has 0 aromatic carbocycles. The van der Waals surface area contributed by atoms with E-state index >= 15 is 0 Å². The zero-order valence-corrected chi connectivity index (χ0v) is 10.6. The monoisotopic (exact) mass is 216 g/mol. The molecular weight excluding hydrogens is 192 g/mol. The van der Waals surface area contributed by atoms with Crippen molar-refractivity contribution < 1.29 is 0 Å². The number of hydrogen-bond acceptors (Lipinski definition) is 0. The molecule has 0 nitrogen and oxygen atoms in total. The fourth-order valence-corrected chi connectivity index (χ4v) is 5.95. The molecule has 4 aliphatic rings. The van der Waals surface area contributed by atoms with Crippen LogP contribution in [0.2, 0.25) is 0 Å². The van der Waals surface area contributed by atoms with Crippen LogP contribution in [0.25, 0.3) is 0 Å². The average molecular weight is 216 g/mol. The van der Waals surface area contributed by atoms with Crippen molar-refractivity contribution in [3.05, 3.63) is 12.2 Å². The molecule has 0 aromatic rings. The first-order valence-electron chi connectivity index (χ1n) is 7.42. The van der Waals surface area contributed by atoms with Gasteiger partial charge in [-0.15, -0.1) is 0 Å². The molecule has 4 rings (SSSR count). The Morgan fingerprint density at radius 2 is 1.12 bits per heavy atom. The van der Waals surface area contributed by atoms with Crippen LogP contribution in [-0.2, 0) is 0 Å². The van der Waals surface area contributed by atoms with Crippen LogP contribution in [-0.4, -0.2) is 0 Å². The van der Waals surface area contributed by atoms with E-state index in [1.165, 1.54) is 12.8 Å². The van der Waals surface area contributed by atoms with Crippen LogP contribution in [0.1, 0.15) is 39.5 Å². The molecule has 0 N–H and O–H groups in total. The average Bonchev–Trinajstić information content (AvgIpc) is 2.93. The second-order valence-electron chi connectivity index (χ2n) is 7.27. The molecule has 16 heavy (non-hydrogen) atoms. The molecule has 0 radical (unpaired) electrons. The summed E-state index contributed by atoms with van der Waals surface area (Å²) in [5.41, 5.74) is 0. The van der Waals surface area contributed by atoms with Crippen molar-refractivity contribution in [3.63, 3.8) is 0 Å². The fraction of sp³-hybridized carbons (Fsp3) is 0.875. The molecule has 0 heteroatoms. The van der Waals surface area contributed by atoms with E-state index in [4.69, 9.17) is 0 Å². The molecule has 4 aliphatic carbocycles. The molecule has 3 fully saturated rings. The van der Waals surface area contributed by atoms with Crippen molar-refractivity contribution in [2.24, 2.45) is 47.3 Å². The maximum Gasteiger partial charge on any atom is -0.0196 e. The predicted molar refractivity (Wildman–Crippen MR) is 66.9 cm³/mol. The lowest BCUT2D eigenvalue weighted by Gasteiger charge is -2.41. The van der Waals surface area contributed by atoms with Gasteiger partial charge in [0.1, 0.15) is 0 Å². The van der Waals surface area contributed by atoms with Gasteiger partial charge < -0.3 is 0 Å². The maximum absolute atomic E-state index is 2.55. The molecule has 0 heterocycles. The lowest BCUT2D eigenvalue weighted by atomic mass is 9.63. The largest absolute Gasteiger partial charge is 0.0848 e. The van der Waals surface area contributed by atoms with Crippen LogP contribution < -0.4 is 0 Å². The van der Waals surface area contributed by atoms with Crippen LogP contribution in [0.15, 0.2) is 12.2 Å². The van der Waals surface area contributed by atoms with Gasteiger partial charge >= 0.3 is 0 Å². The van der Waals surface area contributed by atoms with Gasteiger partial charge in [0.05, 0.1) is 0 Å². The van der Waals surface area contributed by atoms with E-state index in [0.717, 1.165) is 47.3 Å². The van der Waals surface area contributed by atoms with Crippen molar-refractivity contribution in [2.75, 3.05) is 0 Å². The number of allylic oxidation sites excluding steroid dienone is 2. The lowest BCUT2D eigenvalue weighted by Crippen LogP contribution is -2.34. The summed E-state index contributed by atoms with van der Waals surface area (Å²) < 4.78 is 0. The Bertz CT molecular complexity index is 299. The van der Waals surface area contributed by atoms with Gasteiger partial charge in [0.15, 0.2) is 0 Å². The van der Waals surface area contributed by atoms with Gasteiger partial charge in [0, 0.05) is 0 Å². The zero-order valence-electron chi connectivity index (χ0n) is 10.6. The molecule has 8 unspecified atom stereocenters. The maximum atomic E-state index is 2.55. The Balaban J connectivity index is 1.63. The Hall–Kier alpha value is -0.260. The molecule has 0 aromatic heterocycles. The van der Waals surface area contributed by atoms with E-state index < -0.39 is 0 Å².